The van der Waals surface area contributed by atoms with E-state index < -0.39 is 16.1 Å². The first-order valence-corrected chi connectivity index (χ1v) is 10.9. The van der Waals surface area contributed by atoms with E-state index in [1.807, 2.05) is 25.1 Å². The van der Waals surface area contributed by atoms with E-state index in [0.29, 0.717) is 24.5 Å². The first-order chi connectivity index (χ1) is 13.4. The standard InChI is InChI=1S/C21H26N2O4S/c1-16-8-6-10-19(14-16)27-17(2)21(24)22-18-9-7-11-20(15-18)28(25,26)23-12-4-3-5-13-23/h6-11,14-15,17H,3-5,12-13H2,1-2H3,(H,22,24). The van der Waals surface area contributed by atoms with Crippen LogP contribution in [0.15, 0.2) is 53.4 Å². The Bertz CT molecular complexity index is 937. The Hall–Kier alpha value is -2.38. The molecule has 0 bridgehead atoms. The van der Waals surface area contributed by atoms with Crippen LogP contribution < -0.4 is 10.1 Å². The lowest BCUT2D eigenvalue weighted by atomic mass is 10.2. The largest absolute Gasteiger partial charge is 0.481 e. The molecule has 6 nitrogen and oxygen atoms in total. The van der Waals surface area contributed by atoms with Crippen LogP contribution in [0.4, 0.5) is 5.69 Å². The molecule has 2 aromatic carbocycles. The maximum atomic E-state index is 12.8. The zero-order valence-corrected chi connectivity index (χ0v) is 17.0. The molecule has 1 atom stereocenters. The average Bonchev–Trinajstić information content (AvgIpc) is 2.69. The van der Waals surface area contributed by atoms with Crippen LogP contribution in [0.3, 0.4) is 0 Å². The highest BCUT2D eigenvalue weighted by Crippen LogP contribution is 2.23. The van der Waals surface area contributed by atoms with E-state index in [-0.39, 0.29) is 10.8 Å². The van der Waals surface area contributed by atoms with Gasteiger partial charge in [0.2, 0.25) is 10.0 Å². The Morgan fingerprint density at radius 3 is 2.50 bits per heavy atom. The molecule has 1 heterocycles. The lowest BCUT2D eigenvalue weighted by molar-refractivity contribution is -0.122. The number of hydrogen-bond acceptors (Lipinski definition) is 4. The van der Waals surface area contributed by atoms with E-state index in [1.165, 1.54) is 10.4 Å². The molecule has 1 aliphatic heterocycles. The lowest BCUT2D eigenvalue weighted by Crippen LogP contribution is -2.35. The smallest absolute Gasteiger partial charge is 0.265 e. The number of hydrogen-bond donors (Lipinski definition) is 1. The Labute approximate surface area is 166 Å². The molecule has 1 fully saturated rings. The van der Waals surface area contributed by atoms with Crippen molar-refractivity contribution in [3.05, 3.63) is 54.1 Å². The zero-order valence-electron chi connectivity index (χ0n) is 16.2. The van der Waals surface area contributed by atoms with Gasteiger partial charge in [0, 0.05) is 18.8 Å². The first-order valence-electron chi connectivity index (χ1n) is 9.51. The molecule has 28 heavy (non-hydrogen) atoms. The van der Waals surface area contributed by atoms with E-state index in [1.54, 1.807) is 31.2 Å². The number of carbonyl (C=O) groups is 1. The second kappa shape index (κ2) is 8.75. The molecule has 3 rings (SSSR count). The van der Waals surface area contributed by atoms with Crippen LogP contribution in [0.5, 0.6) is 5.75 Å². The number of benzene rings is 2. The van der Waals surface area contributed by atoms with Gasteiger partial charge in [0.1, 0.15) is 5.75 Å². The second-order valence-electron chi connectivity index (χ2n) is 7.06. The van der Waals surface area contributed by atoms with Gasteiger partial charge in [-0.15, -0.1) is 0 Å². The molecule has 7 heteroatoms. The van der Waals surface area contributed by atoms with Crippen molar-refractivity contribution >= 4 is 21.6 Å². The summed E-state index contributed by atoms with van der Waals surface area (Å²) in [6.45, 7) is 4.69. The third-order valence-electron chi connectivity index (χ3n) is 4.73. The summed E-state index contributed by atoms with van der Waals surface area (Å²) in [4.78, 5) is 12.7. The second-order valence-corrected chi connectivity index (χ2v) is 9.00. The van der Waals surface area contributed by atoms with Crippen molar-refractivity contribution in [2.45, 2.75) is 44.1 Å². The van der Waals surface area contributed by atoms with Crippen LogP contribution in [0.2, 0.25) is 0 Å². The molecule has 1 aliphatic rings. The van der Waals surface area contributed by atoms with Crippen LogP contribution in [0.25, 0.3) is 0 Å². The number of nitrogens with one attached hydrogen (secondary N) is 1. The molecule has 1 N–H and O–H groups in total. The van der Waals surface area contributed by atoms with Gasteiger partial charge in [-0.25, -0.2) is 8.42 Å². The van der Waals surface area contributed by atoms with Crippen LogP contribution >= 0.6 is 0 Å². The Kier molecular flexibility index (Phi) is 6.36. The van der Waals surface area contributed by atoms with Gasteiger partial charge in [-0.05, 0) is 62.6 Å². The Balaban J connectivity index is 1.69. The topological polar surface area (TPSA) is 75.7 Å². The number of amides is 1. The predicted octanol–water partition coefficient (Wildman–Crippen LogP) is 3.58. The summed E-state index contributed by atoms with van der Waals surface area (Å²) in [5.74, 6) is 0.276. The van der Waals surface area contributed by atoms with Gasteiger partial charge in [0.05, 0.1) is 4.90 Å². The summed E-state index contributed by atoms with van der Waals surface area (Å²) in [5, 5.41) is 2.75. The number of sulfonamides is 1. The SMILES string of the molecule is Cc1cccc(OC(C)C(=O)Nc2cccc(S(=O)(=O)N3CCCCC3)c2)c1. The van der Waals surface area contributed by atoms with Gasteiger partial charge in [-0.3, -0.25) is 4.79 Å². The summed E-state index contributed by atoms with van der Waals surface area (Å²) in [6.07, 6.45) is 2.10. The van der Waals surface area contributed by atoms with Gasteiger partial charge in [-0.1, -0.05) is 24.6 Å². The Morgan fingerprint density at radius 2 is 1.79 bits per heavy atom. The predicted molar refractivity (Wildman–Crippen MR) is 109 cm³/mol. The third kappa shape index (κ3) is 4.91. The van der Waals surface area contributed by atoms with E-state index in [4.69, 9.17) is 4.74 Å². The van der Waals surface area contributed by atoms with Crippen molar-refractivity contribution in [2.24, 2.45) is 0 Å². The number of nitrogens with zero attached hydrogens (tertiary/aromatic N) is 1. The zero-order chi connectivity index (χ0) is 20.1. The van der Waals surface area contributed by atoms with Crippen LogP contribution in [-0.2, 0) is 14.8 Å². The molecule has 0 spiro atoms. The summed E-state index contributed by atoms with van der Waals surface area (Å²) in [5.41, 5.74) is 1.48. The highest BCUT2D eigenvalue weighted by atomic mass is 32.2. The minimum absolute atomic E-state index is 0.194. The summed E-state index contributed by atoms with van der Waals surface area (Å²) in [7, 11) is -3.54. The molecule has 0 aliphatic carbocycles. The van der Waals surface area contributed by atoms with Gasteiger partial charge in [0.25, 0.3) is 5.91 Å². The van der Waals surface area contributed by atoms with Gasteiger partial charge in [0.15, 0.2) is 6.10 Å². The molecule has 0 saturated carbocycles. The lowest BCUT2D eigenvalue weighted by Gasteiger charge is -2.26. The number of carbonyl (C=O) groups excluding carboxylic acids is 1. The fourth-order valence-corrected chi connectivity index (χ4v) is 4.74. The van der Waals surface area contributed by atoms with Crippen molar-refractivity contribution in [1.29, 1.82) is 0 Å². The van der Waals surface area contributed by atoms with Crippen molar-refractivity contribution in [3.63, 3.8) is 0 Å². The molecule has 1 saturated heterocycles. The van der Waals surface area contributed by atoms with Crippen molar-refractivity contribution in [3.8, 4) is 5.75 Å². The van der Waals surface area contributed by atoms with E-state index in [2.05, 4.69) is 5.32 Å². The molecule has 150 valence electrons. The van der Waals surface area contributed by atoms with Crippen molar-refractivity contribution in [1.82, 2.24) is 4.31 Å². The van der Waals surface area contributed by atoms with Crippen LogP contribution in [0.1, 0.15) is 31.7 Å². The summed E-state index contributed by atoms with van der Waals surface area (Å²) in [6, 6.07) is 13.8. The molecular formula is C21H26N2O4S. The Morgan fingerprint density at radius 1 is 1.07 bits per heavy atom. The minimum Gasteiger partial charge on any atom is -0.481 e. The fraction of sp³-hybridized carbons (Fsp3) is 0.381. The van der Waals surface area contributed by atoms with E-state index >= 15 is 0 Å². The average molecular weight is 403 g/mol. The minimum atomic E-state index is -3.54. The molecular weight excluding hydrogens is 376 g/mol. The summed E-state index contributed by atoms with van der Waals surface area (Å²) < 4.78 is 32.8. The number of rotatable bonds is 6. The quantitative estimate of drug-likeness (QED) is 0.801. The fourth-order valence-electron chi connectivity index (χ4n) is 3.18. The van der Waals surface area contributed by atoms with E-state index in [0.717, 1.165) is 24.8 Å². The van der Waals surface area contributed by atoms with Crippen LogP contribution in [0, 0.1) is 6.92 Å². The summed E-state index contributed by atoms with van der Waals surface area (Å²) >= 11 is 0. The maximum absolute atomic E-state index is 12.8. The number of aryl methyl sites for hydroxylation is 1. The molecule has 1 unspecified atom stereocenters. The number of piperidine rings is 1. The van der Waals surface area contributed by atoms with Crippen molar-refractivity contribution in [2.75, 3.05) is 18.4 Å². The van der Waals surface area contributed by atoms with Gasteiger partial charge >= 0.3 is 0 Å². The van der Waals surface area contributed by atoms with Gasteiger partial charge < -0.3 is 10.1 Å². The van der Waals surface area contributed by atoms with Gasteiger partial charge in [-0.2, -0.15) is 4.31 Å². The molecule has 0 aromatic heterocycles. The monoisotopic (exact) mass is 402 g/mol. The third-order valence-corrected chi connectivity index (χ3v) is 6.62. The highest BCUT2D eigenvalue weighted by molar-refractivity contribution is 7.89. The van der Waals surface area contributed by atoms with E-state index in [9.17, 15) is 13.2 Å². The first kappa shape index (κ1) is 20.4. The maximum Gasteiger partial charge on any atom is 0.265 e. The molecule has 0 radical (unpaired) electrons. The highest BCUT2D eigenvalue weighted by Gasteiger charge is 2.26. The van der Waals surface area contributed by atoms with Crippen molar-refractivity contribution < 1.29 is 17.9 Å². The normalized spacial score (nSPS) is 16.4. The number of anilines is 1. The molecule has 1 amide bonds. The van der Waals surface area contributed by atoms with Crippen LogP contribution in [-0.4, -0.2) is 37.8 Å². The molecule has 2 aromatic rings. The number of ether oxygens (including phenoxy) is 1.